The highest BCUT2D eigenvalue weighted by molar-refractivity contribution is 7.05. The molecule has 0 saturated heterocycles. The summed E-state index contributed by atoms with van der Waals surface area (Å²) < 4.78 is 14.8. The van der Waals surface area contributed by atoms with Crippen molar-refractivity contribution < 1.29 is 9.47 Å². The Hall–Kier alpha value is -1.66. The van der Waals surface area contributed by atoms with Crippen molar-refractivity contribution in [3.63, 3.8) is 0 Å². The van der Waals surface area contributed by atoms with Crippen LogP contribution in [0.4, 0.5) is 0 Å². The average Bonchev–Trinajstić information content (AvgIpc) is 2.90. The highest BCUT2D eigenvalue weighted by Gasteiger charge is 2.22. The minimum Gasteiger partial charge on any atom is -0.497 e. The molecule has 1 N–H and O–H groups in total. The number of aromatic nitrogens is 2. The van der Waals surface area contributed by atoms with E-state index in [0.717, 1.165) is 34.2 Å². The number of aryl methyl sites for hydroxylation is 1. The fourth-order valence-corrected chi connectivity index (χ4v) is 2.85. The topological polar surface area (TPSA) is 56.3 Å². The molecule has 5 nitrogen and oxygen atoms in total. The van der Waals surface area contributed by atoms with Gasteiger partial charge in [-0.15, -0.1) is 5.10 Å². The van der Waals surface area contributed by atoms with Crippen molar-refractivity contribution >= 4 is 11.5 Å². The summed E-state index contributed by atoms with van der Waals surface area (Å²) in [7, 11) is 3.31. The second-order valence-electron chi connectivity index (χ2n) is 4.32. The minimum absolute atomic E-state index is 0.0286. The highest BCUT2D eigenvalue weighted by atomic mass is 32.1. The van der Waals surface area contributed by atoms with Gasteiger partial charge in [0.05, 0.1) is 30.8 Å². The molecule has 0 aliphatic heterocycles. The smallest absolute Gasteiger partial charge is 0.127 e. The van der Waals surface area contributed by atoms with Crippen molar-refractivity contribution in [3.05, 3.63) is 34.3 Å². The average molecular weight is 293 g/mol. The predicted molar refractivity (Wildman–Crippen MR) is 79.7 cm³/mol. The van der Waals surface area contributed by atoms with Gasteiger partial charge in [0.15, 0.2) is 0 Å². The van der Waals surface area contributed by atoms with Crippen LogP contribution in [-0.4, -0.2) is 30.4 Å². The van der Waals surface area contributed by atoms with Gasteiger partial charge in [0.25, 0.3) is 0 Å². The fourth-order valence-electron chi connectivity index (χ4n) is 2.11. The van der Waals surface area contributed by atoms with Crippen molar-refractivity contribution in [1.82, 2.24) is 14.9 Å². The maximum absolute atomic E-state index is 5.50. The Bertz CT molecular complexity index is 571. The number of nitrogens with one attached hydrogen (secondary N) is 1. The normalized spacial score (nSPS) is 12.2. The molecule has 1 aromatic heterocycles. The Balaban J connectivity index is 2.46. The lowest BCUT2D eigenvalue weighted by atomic mass is 10.0. The van der Waals surface area contributed by atoms with E-state index in [1.54, 1.807) is 14.2 Å². The van der Waals surface area contributed by atoms with Crippen LogP contribution in [-0.2, 0) is 0 Å². The molecule has 1 heterocycles. The second-order valence-corrected chi connectivity index (χ2v) is 5.11. The van der Waals surface area contributed by atoms with Gasteiger partial charge in [-0.05, 0) is 37.1 Å². The fraction of sp³-hybridized carbons (Fsp3) is 0.429. The van der Waals surface area contributed by atoms with Crippen molar-refractivity contribution in [2.45, 2.75) is 19.9 Å². The van der Waals surface area contributed by atoms with E-state index in [-0.39, 0.29) is 6.04 Å². The maximum atomic E-state index is 5.50. The monoisotopic (exact) mass is 293 g/mol. The standard InChI is InChI=1S/C14H19N3O2S/c1-5-15-13(14-9(2)16-17-20-14)11-7-6-10(18-3)8-12(11)19-4/h6-8,13,15H,5H2,1-4H3. The Morgan fingerprint density at radius 1 is 1.30 bits per heavy atom. The van der Waals surface area contributed by atoms with Crippen LogP contribution < -0.4 is 14.8 Å². The lowest BCUT2D eigenvalue weighted by Crippen LogP contribution is -2.22. The summed E-state index contributed by atoms with van der Waals surface area (Å²) >= 11 is 1.41. The van der Waals surface area contributed by atoms with Crippen LogP contribution in [0, 0.1) is 6.92 Å². The largest absolute Gasteiger partial charge is 0.497 e. The molecular weight excluding hydrogens is 274 g/mol. The van der Waals surface area contributed by atoms with E-state index in [1.807, 2.05) is 25.1 Å². The van der Waals surface area contributed by atoms with E-state index < -0.39 is 0 Å². The molecule has 1 atom stereocenters. The van der Waals surface area contributed by atoms with Gasteiger partial charge < -0.3 is 14.8 Å². The molecule has 0 spiro atoms. The van der Waals surface area contributed by atoms with Crippen LogP contribution in [0.2, 0.25) is 0 Å². The van der Waals surface area contributed by atoms with E-state index in [4.69, 9.17) is 9.47 Å². The third kappa shape index (κ3) is 2.91. The molecule has 0 aliphatic rings. The minimum atomic E-state index is 0.0286. The summed E-state index contributed by atoms with van der Waals surface area (Å²) in [6, 6.07) is 5.88. The van der Waals surface area contributed by atoms with E-state index >= 15 is 0 Å². The quantitative estimate of drug-likeness (QED) is 0.887. The van der Waals surface area contributed by atoms with Crippen LogP contribution in [0.25, 0.3) is 0 Å². The molecular formula is C14H19N3O2S. The summed E-state index contributed by atoms with van der Waals surface area (Å²) in [6.07, 6.45) is 0. The number of benzene rings is 1. The number of hydrogen-bond acceptors (Lipinski definition) is 6. The first-order valence-electron chi connectivity index (χ1n) is 6.45. The van der Waals surface area contributed by atoms with Gasteiger partial charge in [-0.2, -0.15) is 0 Å². The number of rotatable bonds is 6. The Morgan fingerprint density at radius 2 is 2.10 bits per heavy atom. The molecule has 2 aromatic rings. The zero-order chi connectivity index (χ0) is 14.5. The van der Waals surface area contributed by atoms with E-state index in [0.29, 0.717) is 0 Å². The van der Waals surface area contributed by atoms with Gasteiger partial charge in [-0.1, -0.05) is 11.4 Å². The van der Waals surface area contributed by atoms with E-state index in [9.17, 15) is 0 Å². The Kier molecular flexibility index (Phi) is 4.92. The molecule has 0 saturated carbocycles. The molecule has 0 bridgehead atoms. The van der Waals surface area contributed by atoms with Crippen LogP contribution >= 0.6 is 11.5 Å². The first-order chi connectivity index (χ1) is 9.71. The van der Waals surface area contributed by atoms with Gasteiger partial charge >= 0.3 is 0 Å². The lowest BCUT2D eigenvalue weighted by Gasteiger charge is -2.20. The molecule has 2 rings (SSSR count). The Morgan fingerprint density at radius 3 is 2.65 bits per heavy atom. The second kappa shape index (κ2) is 6.67. The van der Waals surface area contributed by atoms with Gasteiger partial charge in [0.1, 0.15) is 11.5 Å². The van der Waals surface area contributed by atoms with Crippen molar-refractivity contribution in [2.75, 3.05) is 20.8 Å². The summed E-state index contributed by atoms with van der Waals surface area (Å²) in [6.45, 7) is 4.89. The van der Waals surface area contributed by atoms with E-state index in [1.165, 1.54) is 11.5 Å². The summed E-state index contributed by atoms with van der Waals surface area (Å²) in [5, 5.41) is 7.56. The van der Waals surface area contributed by atoms with E-state index in [2.05, 4.69) is 21.8 Å². The molecule has 20 heavy (non-hydrogen) atoms. The number of hydrogen-bond donors (Lipinski definition) is 1. The third-order valence-electron chi connectivity index (χ3n) is 3.11. The highest BCUT2D eigenvalue weighted by Crippen LogP contribution is 2.35. The van der Waals surface area contributed by atoms with Gasteiger partial charge in [-0.25, -0.2) is 0 Å². The van der Waals surface area contributed by atoms with Gasteiger partial charge in [-0.3, -0.25) is 0 Å². The number of ether oxygens (including phenoxy) is 2. The predicted octanol–water partition coefficient (Wildman–Crippen LogP) is 2.56. The number of methoxy groups -OCH3 is 2. The Labute approximate surface area is 123 Å². The van der Waals surface area contributed by atoms with Gasteiger partial charge in [0, 0.05) is 11.6 Å². The summed E-state index contributed by atoms with van der Waals surface area (Å²) in [4.78, 5) is 1.11. The zero-order valence-corrected chi connectivity index (χ0v) is 13.0. The first-order valence-corrected chi connectivity index (χ1v) is 7.22. The zero-order valence-electron chi connectivity index (χ0n) is 12.1. The lowest BCUT2D eigenvalue weighted by molar-refractivity contribution is 0.388. The molecule has 1 aromatic carbocycles. The molecule has 0 radical (unpaired) electrons. The van der Waals surface area contributed by atoms with Crippen LogP contribution in [0.5, 0.6) is 11.5 Å². The maximum Gasteiger partial charge on any atom is 0.127 e. The van der Waals surface area contributed by atoms with Crippen LogP contribution in [0.15, 0.2) is 18.2 Å². The molecule has 0 aliphatic carbocycles. The summed E-state index contributed by atoms with van der Waals surface area (Å²) in [5.74, 6) is 1.57. The van der Waals surface area contributed by atoms with Crippen LogP contribution in [0.1, 0.15) is 29.1 Å². The molecule has 0 amide bonds. The molecule has 6 heteroatoms. The van der Waals surface area contributed by atoms with Crippen molar-refractivity contribution in [1.29, 1.82) is 0 Å². The molecule has 1 unspecified atom stereocenters. The third-order valence-corrected chi connectivity index (χ3v) is 4.00. The van der Waals surface area contributed by atoms with Crippen molar-refractivity contribution in [3.8, 4) is 11.5 Å². The molecule has 108 valence electrons. The first kappa shape index (κ1) is 14.7. The SMILES string of the molecule is CCNC(c1ccc(OC)cc1OC)c1snnc1C. The van der Waals surface area contributed by atoms with Crippen LogP contribution in [0.3, 0.4) is 0 Å². The van der Waals surface area contributed by atoms with Crippen molar-refractivity contribution in [2.24, 2.45) is 0 Å². The summed E-state index contributed by atoms with van der Waals surface area (Å²) in [5.41, 5.74) is 2.00. The number of nitrogens with zero attached hydrogens (tertiary/aromatic N) is 2. The van der Waals surface area contributed by atoms with Gasteiger partial charge in [0.2, 0.25) is 0 Å². The molecule has 0 fully saturated rings.